The number of hydrogen-bond acceptors (Lipinski definition) is 4. The minimum atomic E-state index is -4.56. The van der Waals surface area contributed by atoms with E-state index in [1.54, 1.807) is 0 Å². The molecule has 3 N–H and O–H groups in total. The summed E-state index contributed by atoms with van der Waals surface area (Å²) in [5.74, 6) is -1.34. The molecule has 2 aromatic rings. The lowest BCUT2D eigenvalue weighted by Gasteiger charge is -2.39. The van der Waals surface area contributed by atoms with Crippen molar-refractivity contribution in [1.29, 1.82) is 0 Å². The highest BCUT2D eigenvalue weighted by atomic mass is 19.4. The molecule has 218 valence electrons. The Morgan fingerprint density at radius 3 is 2.30 bits per heavy atom. The highest BCUT2D eigenvalue weighted by molar-refractivity contribution is 5.93. The van der Waals surface area contributed by atoms with E-state index in [1.165, 1.54) is 36.8 Å². The molecule has 2 aliphatic heterocycles. The van der Waals surface area contributed by atoms with E-state index >= 15 is 0 Å². The van der Waals surface area contributed by atoms with Crippen LogP contribution in [0.3, 0.4) is 0 Å². The van der Waals surface area contributed by atoms with E-state index in [0.717, 1.165) is 30.2 Å². The number of likely N-dealkylation sites (tertiary alicyclic amines) is 1. The van der Waals surface area contributed by atoms with Crippen molar-refractivity contribution in [3.63, 3.8) is 0 Å². The Labute approximate surface area is 229 Å². The number of alkyl halides is 6. The molecule has 2 heterocycles. The Morgan fingerprint density at radius 1 is 0.975 bits per heavy atom. The largest absolute Gasteiger partial charge is 0.416 e. The van der Waals surface area contributed by atoms with Crippen LogP contribution in [0.25, 0.3) is 0 Å². The third-order valence-corrected chi connectivity index (χ3v) is 8.42. The van der Waals surface area contributed by atoms with E-state index < -0.39 is 42.3 Å². The molecule has 2 aromatic carbocycles. The van der Waals surface area contributed by atoms with E-state index in [9.17, 15) is 31.1 Å². The molecular formula is C29H34F6N4O. The van der Waals surface area contributed by atoms with Gasteiger partial charge in [0.1, 0.15) is 0 Å². The van der Waals surface area contributed by atoms with Crippen molar-refractivity contribution >= 4 is 17.3 Å². The number of amides is 1. The van der Waals surface area contributed by atoms with Gasteiger partial charge in [-0.3, -0.25) is 9.69 Å². The van der Waals surface area contributed by atoms with Gasteiger partial charge in [0.25, 0.3) is 0 Å². The van der Waals surface area contributed by atoms with Crippen molar-refractivity contribution in [3.8, 4) is 0 Å². The van der Waals surface area contributed by atoms with Gasteiger partial charge in [0.15, 0.2) is 0 Å². The molecule has 40 heavy (non-hydrogen) atoms. The molecule has 0 bridgehead atoms. The molecule has 3 aliphatic rings. The van der Waals surface area contributed by atoms with Crippen LogP contribution in [-0.2, 0) is 11.0 Å². The molecule has 4 atom stereocenters. The number of fused-ring (bicyclic) bond motifs is 1. The third-order valence-electron chi connectivity index (χ3n) is 8.42. The maximum atomic E-state index is 13.6. The first-order valence-electron chi connectivity index (χ1n) is 13.8. The Morgan fingerprint density at radius 2 is 1.65 bits per heavy atom. The maximum absolute atomic E-state index is 13.6. The van der Waals surface area contributed by atoms with Crippen LogP contribution in [0.1, 0.15) is 54.8 Å². The van der Waals surface area contributed by atoms with Crippen molar-refractivity contribution in [3.05, 3.63) is 59.2 Å². The van der Waals surface area contributed by atoms with Gasteiger partial charge in [-0.25, -0.2) is 0 Å². The molecule has 5 nitrogen and oxygen atoms in total. The zero-order valence-corrected chi connectivity index (χ0v) is 22.2. The average Bonchev–Trinajstić information content (AvgIpc) is 3.52. The summed E-state index contributed by atoms with van der Waals surface area (Å²) in [6.45, 7) is 0.742. The van der Waals surface area contributed by atoms with Crippen molar-refractivity contribution < 1.29 is 31.1 Å². The van der Waals surface area contributed by atoms with E-state index in [-0.39, 0.29) is 36.3 Å². The smallest absolute Gasteiger partial charge is 0.382 e. The SMILES string of the molecule is Cc1ccc(NC(=O)C2CC3CN(CC(F)(F)F)CC3NC2c2ccc(NC3CCCC3)cc2)cc1C(F)(F)F. The van der Waals surface area contributed by atoms with Crippen LogP contribution >= 0.6 is 0 Å². The lowest BCUT2D eigenvalue weighted by atomic mass is 9.78. The van der Waals surface area contributed by atoms with Crippen molar-refractivity contribution in [2.75, 3.05) is 30.3 Å². The summed E-state index contributed by atoms with van der Waals surface area (Å²) in [6.07, 6.45) is -3.96. The molecular weight excluding hydrogens is 534 g/mol. The van der Waals surface area contributed by atoms with Gasteiger partial charge >= 0.3 is 12.4 Å². The number of piperidine rings is 1. The number of carbonyl (C=O) groups is 1. The fraction of sp³-hybridized carbons (Fsp3) is 0.552. The van der Waals surface area contributed by atoms with Gasteiger partial charge < -0.3 is 16.0 Å². The molecule has 4 unspecified atom stereocenters. The highest BCUT2D eigenvalue weighted by Gasteiger charge is 2.46. The second kappa shape index (κ2) is 11.2. The van der Waals surface area contributed by atoms with Crippen LogP contribution in [0, 0.1) is 18.8 Å². The number of nitrogens with one attached hydrogen (secondary N) is 3. The first kappa shape index (κ1) is 28.7. The molecule has 0 radical (unpaired) electrons. The molecule has 3 fully saturated rings. The lowest BCUT2D eigenvalue weighted by Crippen LogP contribution is -2.50. The number of halogens is 6. The molecule has 1 saturated carbocycles. The molecule has 0 spiro atoms. The molecule has 11 heteroatoms. The van der Waals surface area contributed by atoms with Gasteiger partial charge in [-0.05, 0) is 67.5 Å². The standard InChI is InChI=1S/C29H34F6N4O/c1-17-6-9-22(13-24(17)29(33,34)35)37-27(40)23-12-19-14-39(16-28(30,31)32)15-25(19)38-26(23)18-7-10-21(11-8-18)36-20-4-2-3-5-20/h6-11,13,19-20,23,25-26,36,38H,2-5,12,14-16H2,1H3,(H,37,40). The number of benzene rings is 2. The summed E-state index contributed by atoms with van der Waals surface area (Å²) in [4.78, 5) is 14.9. The van der Waals surface area contributed by atoms with Crippen LogP contribution in [0.4, 0.5) is 37.7 Å². The van der Waals surface area contributed by atoms with Gasteiger partial charge in [0.2, 0.25) is 5.91 Å². The number of aryl methyl sites for hydroxylation is 1. The summed E-state index contributed by atoms with van der Waals surface area (Å²) in [5.41, 5.74) is 1.02. The fourth-order valence-electron chi connectivity index (χ4n) is 6.50. The zero-order chi connectivity index (χ0) is 28.7. The van der Waals surface area contributed by atoms with Gasteiger partial charge in [-0.2, -0.15) is 26.3 Å². The maximum Gasteiger partial charge on any atom is 0.416 e. The summed E-state index contributed by atoms with van der Waals surface area (Å²) in [5, 5.41) is 9.61. The Balaban J connectivity index is 1.37. The zero-order valence-electron chi connectivity index (χ0n) is 22.2. The Hall–Kier alpha value is -2.79. The second-order valence-electron chi connectivity index (χ2n) is 11.4. The average molecular weight is 569 g/mol. The minimum Gasteiger partial charge on any atom is -0.382 e. The van der Waals surface area contributed by atoms with Gasteiger partial charge in [-0.15, -0.1) is 0 Å². The van der Waals surface area contributed by atoms with E-state index in [2.05, 4.69) is 16.0 Å². The van der Waals surface area contributed by atoms with Crippen molar-refractivity contribution in [1.82, 2.24) is 10.2 Å². The van der Waals surface area contributed by atoms with Crippen molar-refractivity contribution in [2.45, 2.75) is 69.5 Å². The van der Waals surface area contributed by atoms with Gasteiger partial charge in [0, 0.05) is 42.6 Å². The summed E-state index contributed by atoms with van der Waals surface area (Å²) >= 11 is 0. The van der Waals surface area contributed by atoms with Crippen LogP contribution in [0.5, 0.6) is 0 Å². The molecule has 0 aromatic heterocycles. The normalized spacial score (nSPS) is 26.1. The molecule has 1 aliphatic carbocycles. The highest BCUT2D eigenvalue weighted by Crippen LogP contribution is 2.40. The monoisotopic (exact) mass is 568 g/mol. The first-order valence-corrected chi connectivity index (χ1v) is 13.8. The summed E-state index contributed by atoms with van der Waals surface area (Å²) in [6, 6.07) is 11.1. The fourth-order valence-corrected chi connectivity index (χ4v) is 6.50. The molecule has 2 saturated heterocycles. The molecule has 1 amide bonds. The lowest BCUT2D eigenvalue weighted by molar-refractivity contribution is -0.144. The topological polar surface area (TPSA) is 56.4 Å². The number of rotatable bonds is 6. The van der Waals surface area contributed by atoms with Crippen LogP contribution in [0.2, 0.25) is 0 Å². The predicted molar refractivity (Wildman–Crippen MR) is 141 cm³/mol. The molecule has 5 rings (SSSR count). The van der Waals surface area contributed by atoms with E-state index in [4.69, 9.17) is 0 Å². The summed E-state index contributed by atoms with van der Waals surface area (Å²) < 4.78 is 79.6. The minimum absolute atomic E-state index is 0.0324. The first-order chi connectivity index (χ1) is 18.9. The summed E-state index contributed by atoms with van der Waals surface area (Å²) in [7, 11) is 0. The van der Waals surface area contributed by atoms with Crippen LogP contribution in [0.15, 0.2) is 42.5 Å². The van der Waals surface area contributed by atoms with Crippen molar-refractivity contribution in [2.24, 2.45) is 11.8 Å². The quantitative estimate of drug-likeness (QED) is 0.348. The predicted octanol–water partition coefficient (Wildman–Crippen LogP) is 6.52. The number of anilines is 2. The Bertz CT molecular complexity index is 1190. The Kier molecular flexibility index (Phi) is 8.07. The number of nitrogens with zero attached hydrogens (tertiary/aromatic N) is 1. The second-order valence-corrected chi connectivity index (χ2v) is 11.4. The van der Waals surface area contributed by atoms with E-state index in [1.807, 2.05) is 24.3 Å². The van der Waals surface area contributed by atoms with Crippen LogP contribution in [-0.4, -0.2) is 48.7 Å². The van der Waals surface area contributed by atoms with Crippen LogP contribution < -0.4 is 16.0 Å². The number of hydrogen-bond donors (Lipinski definition) is 3. The van der Waals surface area contributed by atoms with Gasteiger partial charge in [0.05, 0.1) is 18.0 Å². The third kappa shape index (κ3) is 6.74. The van der Waals surface area contributed by atoms with E-state index in [0.29, 0.717) is 12.5 Å². The van der Waals surface area contributed by atoms with Gasteiger partial charge in [-0.1, -0.05) is 31.0 Å². The number of carbonyl (C=O) groups excluding carboxylic acids is 1.